The Kier molecular flexibility index (Phi) is 11.0. The number of hydrogen-bond donors (Lipinski definition) is 2. The Morgan fingerprint density at radius 3 is 2.68 bits per heavy atom. The largest absolute Gasteiger partial charge is 0.356 e. The van der Waals surface area contributed by atoms with Crippen LogP contribution in [0.1, 0.15) is 18.2 Å². The van der Waals surface area contributed by atoms with E-state index in [1.54, 1.807) is 18.4 Å². The highest BCUT2D eigenvalue weighted by Crippen LogP contribution is 2.13. The van der Waals surface area contributed by atoms with E-state index in [2.05, 4.69) is 40.1 Å². The zero-order valence-electron chi connectivity index (χ0n) is 13.3. The van der Waals surface area contributed by atoms with Crippen molar-refractivity contribution >= 4 is 51.1 Å². The molecule has 0 aliphatic carbocycles. The smallest absolute Gasteiger partial charge is 0.190 e. The quantitative estimate of drug-likeness (QED) is 0.271. The Morgan fingerprint density at radius 2 is 2.14 bits per heavy atom. The maximum atomic E-state index is 11.0. The zero-order valence-corrected chi connectivity index (χ0v) is 17.3. The molecule has 0 saturated carbocycles. The molecule has 8 heteroatoms. The standard InChI is InChI=1S/C14H25N3O2S2.HI/c1-12(10-13-6-4-8-20-13)11-17-14(15-2)16-7-5-9-21(3,18)19;/h4,6,8,12H,5,7,9-11H2,1-3H3,(H2,15,16,17);1H. The highest BCUT2D eigenvalue weighted by atomic mass is 127. The van der Waals surface area contributed by atoms with Crippen molar-refractivity contribution in [3.63, 3.8) is 0 Å². The van der Waals surface area contributed by atoms with Crippen LogP contribution in [0.25, 0.3) is 0 Å². The molecule has 0 radical (unpaired) electrons. The fourth-order valence-electron chi connectivity index (χ4n) is 1.88. The first-order valence-electron chi connectivity index (χ1n) is 7.05. The molecule has 2 N–H and O–H groups in total. The lowest BCUT2D eigenvalue weighted by Gasteiger charge is -2.15. The number of nitrogens with one attached hydrogen (secondary N) is 2. The number of rotatable bonds is 8. The minimum absolute atomic E-state index is 0. The van der Waals surface area contributed by atoms with E-state index in [4.69, 9.17) is 0 Å². The van der Waals surface area contributed by atoms with Crippen LogP contribution < -0.4 is 10.6 Å². The predicted octanol–water partition coefficient (Wildman–Crippen LogP) is 2.14. The maximum absolute atomic E-state index is 11.0. The van der Waals surface area contributed by atoms with Gasteiger partial charge in [0.1, 0.15) is 9.84 Å². The Hall–Kier alpha value is -0.350. The number of aliphatic imine (C=N–C) groups is 1. The molecule has 0 spiro atoms. The van der Waals surface area contributed by atoms with Gasteiger partial charge in [-0.05, 0) is 30.2 Å². The SMILES string of the molecule is CN=C(NCCCS(C)(=O)=O)NCC(C)Cc1cccs1.I. The summed E-state index contributed by atoms with van der Waals surface area (Å²) in [6.45, 7) is 3.64. The van der Waals surface area contributed by atoms with Crippen molar-refractivity contribution in [2.45, 2.75) is 19.8 Å². The van der Waals surface area contributed by atoms with Crippen molar-refractivity contribution < 1.29 is 8.42 Å². The molecule has 22 heavy (non-hydrogen) atoms. The van der Waals surface area contributed by atoms with Crippen LogP contribution in [0, 0.1) is 5.92 Å². The number of halogens is 1. The van der Waals surface area contributed by atoms with E-state index in [1.165, 1.54) is 11.1 Å². The van der Waals surface area contributed by atoms with Crippen LogP contribution in [0.3, 0.4) is 0 Å². The first-order valence-corrected chi connectivity index (χ1v) is 9.99. The molecule has 0 saturated heterocycles. The van der Waals surface area contributed by atoms with E-state index in [9.17, 15) is 8.42 Å². The normalized spacial score (nSPS) is 13.3. The van der Waals surface area contributed by atoms with Gasteiger partial charge in [0, 0.05) is 31.3 Å². The molecule has 0 amide bonds. The Balaban J connectivity index is 0.00000441. The molecular formula is C14H26IN3O2S2. The van der Waals surface area contributed by atoms with Crippen molar-refractivity contribution in [1.29, 1.82) is 0 Å². The van der Waals surface area contributed by atoms with Gasteiger partial charge >= 0.3 is 0 Å². The van der Waals surface area contributed by atoms with Crippen molar-refractivity contribution in [3.05, 3.63) is 22.4 Å². The van der Waals surface area contributed by atoms with Gasteiger partial charge in [-0.3, -0.25) is 4.99 Å². The van der Waals surface area contributed by atoms with E-state index >= 15 is 0 Å². The van der Waals surface area contributed by atoms with Crippen LogP contribution in [0.15, 0.2) is 22.5 Å². The minimum Gasteiger partial charge on any atom is -0.356 e. The Bertz CT molecular complexity index is 530. The van der Waals surface area contributed by atoms with E-state index in [0.29, 0.717) is 18.9 Å². The van der Waals surface area contributed by atoms with Gasteiger partial charge < -0.3 is 10.6 Å². The average Bonchev–Trinajstić information content (AvgIpc) is 2.89. The number of thiophene rings is 1. The maximum Gasteiger partial charge on any atom is 0.190 e. The highest BCUT2D eigenvalue weighted by Gasteiger charge is 2.06. The van der Waals surface area contributed by atoms with Gasteiger partial charge in [-0.25, -0.2) is 8.42 Å². The second-order valence-electron chi connectivity index (χ2n) is 5.25. The van der Waals surface area contributed by atoms with Gasteiger partial charge in [0.2, 0.25) is 0 Å². The molecule has 0 aliphatic rings. The molecule has 1 rings (SSSR count). The summed E-state index contributed by atoms with van der Waals surface area (Å²) in [7, 11) is -1.16. The summed E-state index contributed by atoms with van der Waals surface area (Å²) in [5, 5.41) is 8.50. The number of nitrogens with zero attached hydrogens (tertiary/aromatic N) is 1. The first-order chi connectivity index (χ1) is 9.90. The first kappa shape index (κ1) is 21.6. The molecule has 1 atom stereocenters. The van der Waals surface area contributed by atoms with Gasteiger partial charge in [0.25, 0.3) is 0 Å². The molecule has 0 bridgehead atoms. The lowest BCUT2D eigenvalue weighted by molar-refractivity contribution is 0.561. The Morgan fingerprint density at radius 1 is 1.41 bits per heavy atom. The fourth-order valence-corrected chi connectivity index (χ4v) is 3.42. The van der Waals surface area contributed by atoms with Gasteiger partial charge in [0.15, 0.2) is 5.96 Å². The molecular weight excluding hydrogens is 433 g/mol. The van der Waals surface area contributed by atoms with Crippen molar-refractivity contribution in [2.75, 3.05) is 32.1 Å². The van der Waals surface area contributed by atoms with Crippen LogP contribution in [0.4, 0.5) is 0 Å². The summed E-state index contributed by atoms with van der Waals surface area (Å²) in [6.07, 6.45) is 2.90. The number of guanidine groups is 1. The molecule has 0 fully saturated rings. The Labute approximate surface area is 154 Å². The van der Waals surface area contributed by atoms with Crippen LogP contribution in [-0.2, 0) is 16.3 Å². The fraction of sp³-hybridized carbons (Fsp3) is 0.643. The summed E-state index contributed by atoms with van der Waals surface area (Å²) in [5.41, 5.74) is 0. The predicted molar refractivity (Wildman–Crippen MR) is 106 cm³/mol. The van der Waals surface area contributed by atoms with Crippen molar-refractivity contribution in [1.82, 2.24) is 10.6 Å². The molecule has 1 aromatic heterocycles. The molecule has 0 aromatic carbocycles. The van der Waals surface area contributed by atoms with E-state index in [0.717, 1.165) is 18.9 Å². The third-order valence-corrected chi connectivity index (χ3v) is 4.88. The van der Waals surface area contributed by atoms with Crippen LogP contribution in [-0.4, -0.2) is 46.5 Å². The van der Waals surface area contributed by atoms with Crippen molar-refractivity contribution in [3.8, 4) is 0 Å². The zero-order chi connectivity index (χ0) is 15.7. The van der Waals surface area contributed by atoms with E-state index in [-0.39, 0.29) is 29.7 Å². The van der Waals surface area contributed by atoms with E-state index in [1.807, 2.05) is 0 Å². The molecule has 5 nitrogen and oxygen atoms in total. The molecule has 128 valence electrons. The van der Waals surface area contributed by atoms with Gasteiger partial charge in [0.05, 0.1) is 5.75 Å². The van der Waals surface area contributed by atoms with Gasteiger partial charge in [-0.2, -0.15) is 0 Å². The summed E-state index contributed by atoms with van der Waals surface area (Å²) >= 11 is 1.78. The summed E-state index contributed by atoms with van der Waals surface area (Å²) in [6, 6.07) is 4.22. The third-order valence-electron chi connectivity index (χ3n) is 2.96. The summed E-state index contributed by atoms with van der Waals surface area (Å²) in [5.74, 6) is 1.44. The van der Waals surface area contributed by atoms with Crippen LogP contribution in [0.5, 0.6) is 0 Å². The van der Waals surface area contributed by atoms with Crippen molar-refractivity contribution in [2.24, 2.45) is 10.9 Å². The molecule has 0 aliphatic heterocycles. The number of sulfone groups is 1. The highest BCUT2D eigenvalue weighted by molar-refractivity contribution is 14.0. The lowest BCUT2D eigenvalue weighted by Crippen LogP contribution is -2.40. The summed E-state index contributed by atoms with van der Waals surface area (Å²) < 4.78 is 22.1. The second-order valence-corrected chi connectivity index (χ2v) is 8.54. The molecule has 1 unspecified atom stereocenters. The van der Waals surface area contributed by atoms with Crippen LogP contribution >= 0.6 is 35.3 Å². The third kappa shape index (κ3) is 10.4. The lowest BCUT2D eigenvalue weighted by atomic mass is 10.1. The van der Waals surface area contributed by atoms with E-state index < -0.39 is 9.84 Å². The second kappa shape index (κ2) is 11.2. The van der Waals surface area contributed by atoms with Crippen LogP contribution in [0.2, 0.25) is 0 Å². The van der Waals surface area contributed by atoms with Gasteiger partial charge in [-0.15, -0.1) is 35.3 Å². The summed E-state index contributed by atoms with van der Waals surface area (Å²) in [4.78, 5) is 5.53. The topological polar surface area (TPSA) is 70.6 Å². The average molecular weight is 459 g/mol. The molecule has 1 heterocycles. The monoisotopic (exact) mass is 459 g/mol. The number of hydrogen-bond acceptors (Lipinski definition) is 4. The minimum atomic E-state index is -2.88. The van der Waals surface area contributed by atoms with Gasteiger partial charge in [-0.1, -0.05) is 13.0 Å². The molecule has 1 aromatic rings.